The number of aryl methyl sites for hydroxylation is 1. The lowest BCUT2D eigenvalue weighted by atomic mass is 10.1. The Labute approximate surface area is 136 Å². The summed E-state index contributed by atoms with van der Waals surface area (Å²) in [5.74, 6) is -1.21. The number of aliphatic carboxylic acids is 1. The van der Waals surface area contributed by atoms with Crippen molar-refractivity contribution < 1.29 is 19.1 Å². The topological polar surface area (TPSA) is 79.5 Å². The molecule has 0 aliphatic carbocycles. The Morgan fingerprint density at radius 3 is 2.68 bits per heavy atom. The highest BCUT2D eigenvalue weighted by atomic mass is 79.9. The summed E-state index contributed by atoms with van der Waals surface area (Å²) in [6.45, 7) is 3.58. The van der Waals surface area contributed by atoms with Gasteiger partial charge in [-0.15, -0.1) is 0 Å². The number of furan rings is 1. The molecular weight excluding hydrogens is 350 g/mol. The molecule has 0 spiro atoms. The molecule has 1 unspecified atom stereocenters. The van der Waals surface area contributed by atoms with E-state index in [0.29, 0.717) is 11.1 Å². The number of carboxylic acid groups (broad SMARTS) is 1. The highest BCUT2D eigenvalue weighted by Crippen LogP contribution is 2.24. The van der Waals surface area contributed by atoms with Crippen molar-refractivity contribution in [3.63, 3.8) is 0 Å². The Bertz CT molecular complexity index is 708. The minimum atomic E-state index is -1.04. The zero-order valence-corrected chi connectivity index (χ0v) is 13.8. The van der Waals surface area contributed by atoms with E-state index in [-0.39, 0.29) is 24.1 Å². The highest BCUT2D eigenvalue weighted by molar-refractivity contribution is 9.10. The number of carbonyl (C=O) groups is 2. The van der Waals surface area contributed by atoms with Crippen LogP contribution in [0.25, 0.3) is 0 Å². The third kappa shape index (κ3) is 3.57. The molecular formula is C16H16BrNO4. The second kappa shape index (κ2) is 6.79. The minimum absolute atomic E-state index is 0.168. The van der Waals surface area contributed by atoms with Gasteiger partial charge in [-0.25, -0.2) is 0 Å². The Morgan fingerprint density at radius 1 is 1.36 bits per heavy atom. The lowest BCUT2D eigenvalue weighted by molar-refractivity contribution is -0.136. The Hall–Kier alpha value is -2.08. The number of rotatable bonds is 5. The van der Waals surface area contributed by atoms with Gasteiger partial charge < -0.3 is 14.8 Å². The molecule has 5 nitrogen and oxygen atoms in total. The molecule has 2 aromatic rings. The van der Waals surface area contributed by atoms with Crippen molar-refractivity contribution in [3.8, 4) is 0 Å². The predicted octanol–water partition coefficient (Wildman–Crippen LogP) is 3.47. The van der Waals surface area contributed by atoms with Crippen molar-refractivity contribution in [1.29, 1.82) is 0 Å². The molecule has 1 amide bonds. The standard InChI is InChI=1S/C16H16BrNO4/c1-9-8-22-13(7-14(19)20)15(9)16(21)18-10(2)11-5-3-4-6-12(11)17/h3-6,8,10H,7H2,1-2H3,(H,18,21)(H,19,20). The molecule has 2 rings (SSSR count). The fraction of sp³-hybridized carbons (Fsp3) is 0.250. The number of carboxylic acids is 1. The van der Waals surface area contributed by atoms with Gasteiger partial charge in [0.1, 0.15) is 12.2 Å². The molecule has 0 saturated heterocycles. The van der Waals surface area contributed by atoms with E-state index < -0.39 is 5.97 Å². The van der Waals surface area contributed by atoms with Crippen LogP contribution in [0.2, 0.25) is 0 Å². The second-order valence-corrected chi connectivity index (χ2v) is 5.86. The predicted molar refractivity (Wildman–Crippen MR) is 84.8 cm³/mol. The van der Waals surface area contributed by atoms with Gasteiger partial charge in [-0.05, 0) is 25.5 Å². The molecule has 1 aromatic heterocycles. The average Bonchev–Trinajstić information content (AvgIpc) is 2.79. The monoisotopic (exact) mass is 365 g/mol. The number of carbonyl (C=O) groups excluding carboxylic acids is 1. The number of nitrogens with one attached hydrogen (secondary N) is 1. The van der Waals surface area contributed by atoms with Gasteiger partial charge in [-0.2, -0.15) is 0 Å². The van der Waals surface area contributed by atoms with Crippen LogP contribution in [-0.2, 0) is 11.2 Å². The van der Waals surface area contributed by atoms with Gasteiger partial charge in [0, 0.05) is 10.0 Å². The van der Waals surface area contributed by atoms with Crippen LogP contribution in [0.4, 0.5) is 0 Å². The van der Waals surface area contributed by atoms with Crippen LogP contribution in [0.5, 0.6) is 0 Å². The van der Waals surface area contributed by atoms with Crippen LogP contribution in [0, 0.1) is 6.92 Å². The molecule has 6 heteroatoms. The van der Waals surface area contributed by atoms with Crippen molar-refractivity contribution in [2.24, 2.45) is 0 Å². The number of halogens is 1. The van der Waals surface area contributed by atoms with Gasteiger partial charge in [0.2, 0.25) is 0 Å². The maximum Gasteiger partial charge on any atom is 0.311 e. The maximum absolute atomic E-state index is 12.4. The SMILES string of the molecule is Cc1coc(CC(=O)O)c1C(=O)NC(C)c1ccccc1Br. The first-order valence-corrected chi connectivity index (χ1v) is 7.53. The third-order valence-corrected chi connectivity index (χ3v) is 4.03. The molecule has 0 fully saturated rings. The summed E-state index contributed by atoms with van der Waals surface area (Å²) >= 11 is 3.45. The van der Waals surface area contributed by atoms with E-state index in [1.54, 1.807) is 6.92 Å². The number of benzene rings is 1. The van der Waals surface area contributed by atoms with E-state index in [2.05, 4.69) is 21.2 Å². The van der Waals surface area contributed by atoms with E-state index in [1.165, 1.54) is 6.26 Å². The highest BCUT2D eigenvalue weighted by Gasteiger charge is 2.22. The van der Waals surface area contributed by atoms with E-state index in [9.17, 15) is 9.59 Å². The smallest absolute Gasteiger partial charge is 0.311 e. The number of hydrogen-bond donors (Lipinski definition) is 2. The molecule has 2 N–H and O–H groups in total. The zero-order chi connectivity index (χ0) is 16.3. The van der Waals surface area contributed by atoms with Gasteiger partial charge in [0.15, 0.2) is 0 Å². The largest absolute Gasteiger partial charge is 0.481 e. The summed E-state index contributed by atoms with van der Waals surface area (Å²) in [6, 6.07) is 7.37. The lowest BCUT2D eigenvalue weighted by Gasteiger charge is -2.16. The van der Waals surface area contributed by atoms with Gasteiger partial charge in [-0.1, -0.05) is 34.1 Å². The summed E-state index contributed by atoms with van der Waals surface area (Å²) in [5.41, 5.74) is 1.85. The number of hydrogen-bond acceptors (Lipinski definition) is 3. The van der Waals surface area contributed by atoms with E-state index in [0.717, 1.165) is 10.0 Å². The average molecular weight is 366 g/mol. The zero-order valence-electron chi connectivity index (χ0n) is 12.2. The molecule has 0 aliphatic heterocycles. The fourth-order valence-corrected chi connectivity index (χ4v) is 2.87. The number of amides is 1. The van der Waals surface area contributed by atoms with Crippen LogP contribution in [-0.4, -0.2) is 17.0 Å². The Balaban J connectivity index is 2.21. The van der Waals surface area contributed by atoms with Crippen molar-refractivity contribution in [2.75, 3.05) is 0 Å². The second-order valence-electron chi connectivity index (χ2n) is 5.00. The van der Waals surface area contributed by atoms with Crippen LogP contribution < -0.4 is 5.32 Å². The quantitative estimate of drug-likeness (QED) is 0.849. The Morgan fingerprint density at radius 2 is 2.05 bits per heavy atom. The van der Waals surface area contributed by atoms with Crippen LogP contribution >= 0.6 is 15.9 Å². The van der Waals surface area contributed by atoms with Crippen LogP contribution in [0.3, 0.4) is 0 Å². The van der Waals surface area contributed by atoms with E-state index in [1.807, 2.05) is 31.2 Å². The summed E-state index contributed by atoms with van der Waals surface area (Å²) in [4.78, 5) is 23.3. The van der Waals surface area contributed by atoms with Crippen molar-refractivity contribution in [3.05, 3.63) is 57.5 Å². The molecule has 116 valence electrons. The molecule has 1 aromatic carbocycles. The molecule has 1 atom stereocenters. The summed E-state index contributed by atoms with van der Waals surface area (Å²) < 4.78 is 6.09. The van der Waals surface area contributed by atoms with Crippen molar-refractivity contribution >= 4 is 27.8 Å². The fourth-order valence-electron chi connectivity index (χ4n) is 2.24. The van der Waals surface area contributed by atoms with Gasteiger partial charge in [0.05, 0.1) is 17.9 Å². The first-order chi connectivity index (χ1) is 10.4. The van der Waals surface area contributed by atoms with E-state index >= 15 is 0 Å². The first-order valence-electron chi connectivity index (χ1n) is 6.74. The molecule has 0 bridgehead atoms. The summed E-state index contributed by atoms with van der Waals surface area (Å²) in [7, 11) is 0. The normalized spacial score (nSPS) is 12.0. The molecule has 1 heterocycles. The molecule has 0 radical (unpaired) electrons. The van der Waals surface area contributed by atoms with Crippen LogP contribution in [0.1, 0.15) is 40.2 Å². The maximum atomic E-state index is 12.4. The van der Waals surface area contributed by atoms with Crippen LogP contribution in [0.15, 0.2) is 39.4 Å². The van der Waals surface area contributed by atoms with Crippen molar-refractivity contribution in [2.45, 2.75) is 26.3 Å². The minimum Gasteiger partial charge on any atom is -0.481 e. The summed E-state index contributed by atoms with van der Waals surface area (Å²) in [6.07, 6.45) is 1.08. The van der Waals surface area contributed by atoms with E-state index in [4.69, 9.17) is 9.52 Å². The Kier molecular flexibility index (Phi) is 5.03. The third-order valence-electron chi connectivity index (χ3n) is 3.31. The van der Waals surface area contributed by atoms with Gasteiger partial charge >= 0.3 is 5.97 Å². The first kappa shape index (κ1) is 16.3. The molecule has 0 saturated carbocycles. The molecule has 0 aliphatic rings. The molecule has 22 heavy (non-hydrogen) atoms. The lowest BCUT2D eigenvalue weighted by Crippen LogP contribution is -2.28. The van der Waals surface area contributed by atoms with Gasteiger partial charge in [0.25, 0.3) is 5.91 Å². The van der Waals surface area contributed by atoms with Gasteiger partial charge in [-0.3, -0.25) is 9.59 Å². The van der Waals surface area contributed by atoms with Crippen molar-refractivity contribution in [1.82, 2.24) is 5.32 Å². The summed E-state index contributed by atoms with van der Waals surface area (Å²) in [5, 5.41) is 11.8.